The van der Waals surface area contributed by atoms with Gasteiger partial charge in [-0.25, -0.2) is 4.98 Å². The van der Waals surface area contributed by atoms with Crippen LogP contribution in [0, 0.1) is 6.92 Å². The van der Waals surface area contributed by atoms with E-state index in [2.05, 4.69) is 4.98 Å². The van der Waals surface area contributed by atoms with Crippen molar-refractivity contribution >= 4 is 17.4 Å². The maximum atomic E-state index is 13.3. The Morgan fingerprint density at radius 3 is 2.59 bits per heavy atom. The third-order valence-corrected chi connectivity index (χ3v) is 4.98. The lowest BCUT2D eigenvalue weighted by molar-refractivity contribution is -0.140. The van der Waals surface area contributed by atoms with Gasteiger partial charge in [0, 0.05) is 19.0 Å². The highest BCUT2D eigenvalue weighted by Gasteiger charge is 2.23. The third-order valence-electron chi connectivity index (χ3n) is 4.98. The number of benzene rings is 1. The number of methoxy groups -OCH3 is 1. The van der Waals surface area contributed by atoms with Crippen molar-refractivity contribution < 1.29 is 19.1 Å². The van der Waals surface area contributed by atoms with Crippen molar-refractivity contribution in [2.75, 3.05) is 13.7 Å². The van der Waals surface area contributed by atoms with Gasteiger partial charge in [0.15, 0.2) is 17.2 Å². The first-order chi connectivity index (χ1) is 14.0. The van der Waals surface area contributed by atoms with Crippen molar-refractivity contribution in [3.8, 4) is 5.75 Å². The molecule has 2 heterocycles. The second kappa shape index (κ2) is 9.37. The van der Waals surface area contributed by atoms with Gasteiger partial charge in [-0.05, 0) is 43.9 Å². The van der Waals surface area contributed by atoms with E-state index >= 15 is 0 Å². The fourth-order valence-electron chi connectivity index (χ4n) is 3.59. The van der Waals surface area contributed by atoms with Crippen LogP contribution in [0.3, 0.4) is 0 Å². The SMILES string of the molecule is CCOc1cccn2c(C(=O)C[C@@H](CCC(=O)OC)c3ccccc3)c(C)nc12. The van der Waals surface area contributed by atoms with Gasteiger partial charge >= 0.3 is 5.97 Å². The van der Waals surface area contributed by atoms with Crippen molar-refractivity contribution in [1.82, 2.24) is 9.38 Å². The number of aromatic nitrogens is 2. The minimum atomic E-state index is -0.272. The summed E-state index contributed by atoms with van der Waals surface area (Å²) in [6.07, 6.45) is 2.93. The number of esters is 1. The average molecular weight is 394 g/mol. The number of hydrogen-bond acceptors (Lipinski definition) is 5. The Bertz CT molecular complexity index is 995. The normalized spacial score (nSPS) is 12.0. The van der Waals surface area contributed by atoms with Crippen LogP contribution in [0.15, 0.2) is 48.7 Å². The molecule has 6 heteroatoms. The number of carbonyl (C=O) groups excluding carboxylic acids is 2. The zero-order valence-corrected chi connectivity index (χ0v) is 17.1. The molecule has 0 spiro atoms. The topological polar surface area (TPSA) is 69.9 Å². The van der Waals surface area contributed by atoms with Crippen LogP contribution in [0.2, 0.25) is 0 Å². The van der Waals surface area contributed by atoms with Gasteiger partial charge < -0.3 is 9.47 Å². The summed E-state index contributed by atoms with van der Waals surface area (Å²) in [4.78, 5) is 29.5. The fourth-order valence-corrected chi connectivity index (χ4v) is 3.59. The number of ketones is 1. The number of nitrogens with zero attached hydrogens (tertiary/aromatic N) is 2. The lowest BCUT2D eigenvalue weighted by Gasteiger charge is -2.16. The van der Waals surface area contributed by atoms with Gasteiger partial charge in [-0.1, -0.05) is 30.3 Å². The van der Waals surface area contributed by atoms with Gasteiger partial charge in [0.1, 0.15) is 5.69 Å². The number of rotatable bonds is 9. The van der Waals surface area contributed by atoms with Crippen LogP contribution in [0.25, 0.3) is 5.65 Å². The molecule has 0 unspecified atom stereocenters. The van der Waals surface area contributed by atoms with E-state index in [0.717, 1.165) is 5.56 Å². The molecule has 0 aliphatic carbocycles. The number of ether oxygens (including phenoxy) is 2. The highest BCUT2D eigenvalue weighted by atomic mass is 16.5. The average Bonchev–Trinajstić information content (AvgIpc) is 3.08. The van der Waals surface area contributed by atoms with E-state index in [9.17, 15) is 9.59 Å². The molecule has 0 bridgehead atoms. The summed E-state index contributed by atoms with van der Waals surface area (Å²) in [7, 11) is 1.38. The second-order valence-electron chi connectivity index (χ2n) is 6.89. The molecule has 0 fully saturated rings. The van der Waals surface area contributed by atoms with E-state index in [-0.39, 0.29) is 30.5 Å². The van der Waals surface area contributed by atoms with Crippen molar-refractivity contribution in [2.45, 2.75) is 39.0 Å². The molecule has 0 saturated heterocycles. The standard InChI is InChI=1S/C23H26N2O4/c1-4-29-20-11-8-14-25-22(16(2)24-23(20)25)19(26)15-18(12-13-21(27)28-3)17-9-6-5-7-10-17/h5-11,14,18H,4,12-13,15H2,1-3H3/t18-/m1/s1. The molecule has 0 N–H and O–H groups in total. The highest BCUT2D eigenvalue weighted by Crippen LogP contribution is 2.29. The van der Waals surface area contributed by atoms with E-state index in [1.54, 1.807) is 4.40 Å². The number of pyridine rings is 1. The predicted molar refractivity (Wildman–Crippen MR) is 110 cm³/mol. The minimum absolute atomic E-state index is 0.0117. The number of imidazole rings is 1. The van der Waals surface area contributed by atoms with Gasteiger partial charge in [0.25, 0.3) is 0 Å². The molecule has 0 aliphatic rings. The van der Waals surface area contributed by atoms with Gasteiger partial charge in [-0.15, -0.1) is 0 Å². The Labute approximate surface area is 170 Å². The molecule has 0 aliphatic heterocycles. The number of hydrogen-bond donors (Lipinski definition) is 0. The van der Waals surface area contributed by atoms with Gasteiger partial charge in [-0.3, -0.25) is 14.0 Å². The Hall–Kier alpha value is -3.15. The van der Waals surface area contributed by atoms with E-state index < -0.39 is 0 Å². The van der Waals surface area contributed by atoms with Crippen LogP contribution in [0.4, 0.5) is 0 Å². The smallest absolute Gasteiger partial charge is 0.305 e. The first-order valence-electron chi connectivity index (χ1n) is 9.80. The molecule has 152 valence electrons. The second-order valence-corrected chi connectivity index (χ2v) is 6.89. The predicted octanol–water partition coefficient (Wildman–Crippen LogP) is 4.35. The molecule has 29 heavy (non-hydrogen) atoms. The summed E-state index contributed by atoms with van der Waals surface area (Å²) in [5.41, 5.74) is 2.90. The van der Waals surface area contributed by atoms with Crippen LogP contribution in [0.5, 0.6) is 5.75 Å². The van der Waals surface area contributed by atoms with Crippen molar-refractivity contribution in [1.29, 1.82) is 0 Å². The van der Waals surface area contributed by atoms with Crippen LogP contribution in [-0.2, 0) is 9.53 Å². The van der Waals surface area contributed by atoms with Gasteiger partial charge in [-0.2, -0.15) is 0 Å². The van der Waals surface area contributed by atoms with E-state index in [4.69, 9.17) is 9.47 Å². The number of carbonyl (C=O) groups is 2. The summed E-state index contributed by atoms with van der Waals surface area (Å²) in [6, 6.07) is 13.5. The van der Waals surface area contributed by atoms with E-state index in [0.29, 0.717) is 35.8 Å². The molecule has 1 aromatic carbocycles. The van der Waals surface area contributed by atoms with Crippen LogP contribution in [-0.4, -0.2) is 34.9 Å². The number of fused-ring (bicyclic) bond motifs is 1. The zero-order valence-electron chi connectivity index (χ0n) is 17.1. The summed E-state index contributed by atoms with van der Waals surface area (Å²) in [5.74, 6) is 0.290. The van der Waals surface area contributed by atoms with Gasteiger partial charge in [0.05, 0.1) is 19.4 Å². The van der Waals surface area contributed by atoms with Crippen molar-refractivity contribution in [2.24, 2.45) is 0 Å². The zero-order chi connectivity index (χ0) is 20.8. The molecule has 1 atom stereocenters. The Kier molecular flexibility index (Phi) is 6.65. The quantitative estimate of drug-likeness (QED) is 0.399. The summed E-state index contributed by atoms with van der Waals surface area (Å²) in [6.45, 7) is 4.28. The molecule has 0 amide bonds. The van der Waals surface area contributed by atoms with Gasteiger partial charge in [0.2, 0.25) is 0 Å². The maximum Gasteiger partial charge on any atom is 0.305 e. The fraction of sp³-hybridized carbons (Fsp3) is 0.348. The Balaban J connectivity index is 1.90. The maximum absolute atomic E-state index is 13.3. The molecule has 0 saturated carbocycles. The summed E-state index contributed by atoms with van der Waals surface area (Å²) >= 11 is 0. The lowest BCUT2D eigenvalue weighted by atomic mass is 9.88. The molecule has 3 rings (SSSR count). The molecule has 2 aromatic heterocycles. The number of aryl methyl sites for hydroxylation is 1. The summed E-state index contributed by atoms with van der Waals surface area (Å²) < 4.78 is 12.2. The van der Waals surface area contributed by atoms with E-state index in [1.165, 1.54) is 7.11 Å². The van der Waals surface area contributed by atoms with Crippen molar-refractivity contribution in [3.05, 3.63) is 65.6 Å². The third kappa shape index (κ3) is 4.65. The van der Waals surface area contributed by atoms with E-state index in [1.807, 2.05) is 62.5 Å². The van der Waals surface area contributed by atoms with Crippen LogP contribution in [0.1, 0.15) is 53.8 Å². The molecule has 6 nitrogen and oxygen atoms in total. The Morgan fingerprint density at radius 2 is 1.90 bits per heavy atom. The molecular formula is C23H26N2O4. The van der Waals surface area contributed by atoms with Crippen LogP contribution < -0.4 is 4.74 Å². The number of Topliss-reactive ketones (excluding diaryl/α,β-unsaturated/α-hetero) is 1. The molecular weight excluding hydrogens is 368 g/mol. The minimum Gasteiger partial charge on any atom is -0.490 e. The molecule has 3 aromatic rings. The Morgan fingerprint density at radius 1 is 1.14 bits per heavy atom. The highest BCUT2D eigenvalue weighted by molar-refractivity contribution is 5.97. The van der Waals surface area contributed by atoms with Crippen molar-refractivity contribution in [3.63, 3.8) is 0 Å². The first-order valence-corrected chi connectivity index (χ1v) is 9.80. The first kappa shape index (κ1) is 20.6. The van der Waals surface area contributed by atoms with Crippen LogP contribution >= 0.6 is 0 Å². The monoisotopic (exact) mass is 394 g/mol. The molecule has 0 radical (unpaired) electrons. The lowest BCUT2D eigenvalue weighted by Crippen LogP contribution is -2.13. The summed E-state index contributed by atoms with van der Waals surface area (Å²) in [5, 5.41) is 0. The largest absolute Gasteiger partial charge is 0.490 e.